The molecule has 24 heavy (non-hydrogen) atoms. The van der Waals surface area contributed by atoms with Crippen LogP contribution in [0.2, 0.25) is 0 Å². The molecule has 0 fully saturated rings. The van der Waals surface area contributed by atoms with Gasteiger partial charge < -0.3 is 15.1 Å². The number of carbonyl (C=O) groups excluding carboxylic acids is 1. The van der Waals surface area contributed by atoms with Crippen LogP contribution in [0, 0.1) is 0 Å². The molecule has 1 aromatic heterocycles. The van der Waals surface area contributed by atoms with Crippen molar-refractivity contribution in [3.05, 3.63) is 48.0 Å². The lowest BCUT2D eigenvalue weighted by Gasteiger charge is -2.08. The third kappa shape index (κ3) is 3.60. The normalized spacial score (nSPS) is 10.6. The van der Waals surface area contributed by atoms with Gasteiger partial charge in [-0.15, -0.1) is 0 Å². The molecule has 3 rings (SSSR count). The van der Waals surface area contributed by atoms with Crippen LogP contribution >= 0.6 is 12.2 Å². The number of fused-ring (bicyclic) bond motifs is 1. The highest BCUT2D eigenvalue weighted by atomic mass is 32.1. The molecule has 0 saturated carbocycles. The number of aromatic nitrogens is 1. The molecule has 2 aromatic carbocycles. The van der Waals surface area contributed by atoms with Crippen LogP contribution in [-0.4, -0.2) is 16.0 Å². The summed E-state index contributed by atoms with van der Waals surface area (Å²) in [5, 5.41) is 5.75. The molecule has 1 amide bonds. The van der Waals surface area contributed by atoms with Crippen LogP contribution in [0.15, 0.2) is 46.9 Å². The second-order valence-corrected chi connectivity index (χ2v) is 5.80. The van der Waals surface area contributed by atoms with Gasteiger partial charge in [-0.05, 0) is 54.5 Å². The van der Waals surface area contributed by atoms with Gasteiger partial charge in [0.2, 0.25) is 11.8 Å². The van der Waals surface area contributed by atoms with Crippen molar-refractivity contribution in [3.8, 4) is 11.5 Å². The van der Waals surface area contributed by atoms with E-state index in [2.05, 4.69) is 22.5 Å². The van der Waals surface area contributed by atoms with Crippen molar-refractivity contribution in [1.82, 2.24) is 10.3 Å². The summed E-state index contributed by atoms with van der Waals surface area (Å²) >= 11 is 5.07. The highest BCUT2D eigenvalue weighted by Crippen LogP contribution is 2.26. The molecule has 0 unspecified atom stereocenters. The summed E-state index contributed by atoms with van der Waals surface area (Å²) < 4.78 is 5.84. The van der Waals surface area contributed by atoms with E-state index in [-0.39, 0.29) is 11.0 Å². The third-order valence-corrected chi connectivity index (χ3v) is 3.72. The molecule has 0 spiro atoms. The second kappa shape index (κ2) is 6.80. The predicted octanol–water partition coefficient (Wildman–Crippen LogP) is 3.89. The van der Waals surface area contributed by atoms with E-state index >= 15 is 0 Å². The number of oxazole rings is 1. The lowest BCUT2D eigenvalue weighted by atomic mass is 10.1. The molecule has 0 aliphatic rings. The number of rotatable bonds is 3. The Hall–Kier alpha value is -2.73. The zero-order valence-corrected chi connectivity index (χ0v) is 14.2. The molecule has 3 aromatic rings. The monoisotopic (exact) mass is 339 g/mol. The van der Waals surface area contributed by atoms with Gasteiger partial charge in [-0.3, -0.25) is 4.79 Å². The number of carbonyl (C=O) groups is 1. The summed E-state index contributed by atoms with van der Waals surface area (Å²) in [5.41, 5.74) is 4.41. The van der Waals surface area contributed by atoms with Crippen LogP contribution < -0.4 is 10.6 Å². The van der Waals surface area contributed by atoms with Crippen molar-refractivity contribution in [2.75, 3.05) is 5.32 Å². The summed E-state index contributed by atoms with van der Waals surface area (Å²) in [6, 6.07) is 13.5. The minimum atomic E-state index is -0.214. The lowest BCUT2D eigenvalue weighted by molar-refractivity contribution is -0.117. The molecule has 0 radical (unpaired) electrons. The lowest BCUT2D eigenvalue weighted by Crippen LogP contribution is -2.32. The average Bonchev–Trinajstić information content (AvgIpc) is 2.97. The number of benzene rings is 2. The molecular weight excluding hydrogens is 322 g/mol. The van der Waals surface area contributed by atoms with Crippen molar-refractivity contribution in [1.29, 1.82) is 0 Å². The highest BCUT2D eigenvalue weighted by molar-refractivity contribution is 7.80. The van der Waals surface area contributed by atoms with Crippen molar-refractivity contribution >= 4 is 40.0 Å². The molecule has 0 saturated heterocycles. The number of hydrogen-bond donors (Lipinski definition) is 2. The number of aryl methyl sites for hydroxylation is 1. The molecule has 0 aliphatic carbocycles. The molecule has 5 nitrogen and oxygen atoms in total. The molecule has 0 atom stereocenters. The Kier molecular flexibility index (Phi) is 4.57. The van der Waals surface area contributed by atoms with Gasteiger partial charge in [0.15, 0.2) is 10.7 Å². The van der Waals surface area contributed by atoms with Crippen LogP contribution in [-0.2, 0) is 11.2 Å². The van der Waals surface area contributed by atoms with Gasteiger partial charge in [0.25, 0.3) is 0 Å². The number of hydrogen-bond acceptors (Lipinski definition) is 4. The van der Waals surface area contributed by atoms with Crippen molar-refractivity contribution in [2.45, 2.75) is 20.3 Å². The maximum absolute atomic E-state index is 11.0. The van der Waals surface area contributed by atoms with Crippen LogP contribution in [0.4, 0.5) is 5.69 Å². The summed E-state index contributed by atoms with van der Waals surface area (Å²) in [4.78, 5) is 15.6. The van der Waals surface area contributed by atoms with E-state index in [9.17, 15) is 4.79 Å². The molecule has 1 heterocycles. The number of anilines is 1. The first-order chi connectivity index (χ1) is 11.5. The first-order valence-corrected chi connectivity index (χ1v) is 8.04. The van der Waals surface area contributed by atoms with Crippen molar-refractivity contribution in [3.63, 3.8) is 0 Å². The SMILES string of the molecule is CCc1ccc2oc(-c3cccc(NC(=S)NC(C)=O)c3)nc2c1. The Morgan fingerprint density at radius 3 is 2.83 bits per heavy atom. The second-order valence-electron chi connectivity index (χ2n) is 5.39. The van der Waals surface area contributed by atoms with E-state index in [1.54, 1.807) is 0 Å². The van der Waals surface area contributed by atoms with Crippen molar-refractivity contribution < 1.29 is 9.21 Å². The molecule has 6 heteroatoms. The van der Waals surface area contributed by atoms with E-state index in [4.69, 9.17) is 16.6 Å². The average molecular weight is 339 g/mol. The van der Waals surface area contributed by atoms with E-state index < -0.39 is 0 Å². The zero-order valence-electron chi connectivity index (χ0n) is 13.4. The van der Waals surface area contributed by atoms with Gasteiger partial charge in [-0.2, -0.15) is 0 Å². The van der Waals surface area contributed by atoms with E-state index in [0.29, 0.717) is 5.89 Å². The number of nitrogens with zero attached hydrogens (tertiary/aromatic N) is 1. The Morgan fingerprint density at radius 1 is 1.25 bits per heavy atom. The molecule has 0 aliphatic heterocycles. The van der Waals surface area contributed by atoms with Crippen molar-refractivity contribution in [2.24, 2.45) is 0 Å². The molecule has 0 bridgehead atoms. The van der Waals surface area contributed by atoms with E-state index in [1.807, 2.05) is 42.5 Å². The fraction of sp³-hybridized carbons (Fsp3) is 0.167. The number of amides is 1. The van der Waals surface area contributed by atoms with Gasteiger partial charge in [-0.1, -0.05) is 19.1 Å². The van der Waals surface area contributed by atoms with Crippen LogP contribution in [0.5, 0.6) is 0 Å². The van der Waals surface area contributed by atoms with Gasteiger partial charge in [0.05, 0.1) is 0 Å². The van der Waals surface area contributed by atoms with Gasteiger partial charge in [-0.25, -0.2) is 4.98 Å². The number of nitrogens with one attached hydrogen (secondary N) is 2. The smallest absolute Gasteiger partial charge is 0.227 e. The van der Waals surface area contributed by atoms with Gasteiger partial charge >= 0.3 is 0 Å². The first-order valence-electron chi connectivity index (χ1n) is 7.63. The van der Waals surface area contributed by atoms with Crippen LogP contribution in [0.3, 0.4) is 0 Å². The Bertz CT molecular complexity index is 918. The fourth-order valence-corrected chi connectivity index (χ4v) is 2.63. The Labute approximate surface area is 145 Å². The first kappa shape index (κ1) is 16.1. The summed E-state index contributed by atoms with van der Waals surface area (Å²) in [6.45, 7) is 3.52. The maximum atomic E-state index is 11.0. The summed E-state index contributed by atoms with van der Waals surface area (Å²) in [7, 11) is 0. The quantitative estimate of drug-likeness (QED) is 0.709. The zero-order chi connectivity index (χ0) is 17.1. The molecule has 122 valence electrons. The van der Waals surface area contributed by atoms with Crippen LogP contribution in [0.25, 0.3) is 22.6 Å². The fourth-order valence-electron chi connectivity index (χ4n) is 2.37. The predicted molar refractivity (Wildman–Crippen MR) is 98.9 cm³/mol. The summed E-state index contributed by atoms with van der Waals surface area (Å²) in [5.74, 6) is 0.335. The maximum Gasteiger partial charge on any atom is 0.227 e. The largest absolute Gasteiger partial charge is 0.436 e. The minimum Gasteiger partial charge on any atom is -0.436 e. The summed E-state index contributed by atoms with van der Waals surface area (Å²) in [6.07, 6.45) is 0.956. The van der Waals surface area contributed by atoms with E-state index in [1.165, 1.54) is 12.5 Å². The third-order valence-electron chi connectivity index (χ3n) is 3.52. The number of thiocarbonyl (C=S) groups is 1. The minimum absolute atomic E-state index is 0.214. The Morgan fingerprint density at radius 2 is 2.08 bits per heavy atom. The van der Waals surface area contributed by atoms with Gasteiger partial charge in [0.1, 0.15) is 5.52 Å². The van der Waals surface area contributed by atoms with E-state index in [0.717, 1.165) is 28.8 Å². The van der Waals surface area contributed by atoms with Gasteiger partial charge in [0, 0.05) is 18.2 Å². The molecule has 2 N–H and O–H groups in total. The molecular formula is C18H17N3O2S. The Balaban J connectivity index is 1.88. The topological polar surface area (TPSA) is 67.2 Å². The van der Waals surface area contributed by atoms with Crippen LogP contribution in [0.1, 0.15) is 19.4 Å². The standard InChI is InChI=1S/C18H17N3O2S/c1-3-12-7-8-16-15(9-12)21-17(23-16)13-5-4-6-14(10-13)20-18(24)19-11(2)22/h4-10H,3H2,1-2H3,(H2,19,20,22,24). The highest BCUT2D eigenvalue weighted by Gasteiger charge is 2.10.